The van der Waals surface area contributed by atoms with Crippen LogP contribution in [0, 0.1) is 0 Å². The number of halogens is 1. The van der Waals surface area contributed by atoms with E-state index in [-0.39, 0.29) is 0 Å². The van der Waals surface area contributed by atoms with Crippen LogP contribution >= 0.6 is 11.6 Å². The van der Waals surface area contributed by atoms with Crippen molar-refractivity contribution in [3.05, 3.63) is 41.0 Å². The van der Waals surface area contributed by atoms with Crippen LogP contribution in [0.3, 0.4) is 0 Å². The number of anilines is 1. The summed E-state index contributed by atoms with van der Waals surface area (Å²) in [6, 6.07) is 7.97. The van der Waals surface area contributed by atoms with Crippen molar-refractivity contribution in [2.75, 3.05) is 11.9 Å². The van der Waals surface area contributed by atoms with Gasteiger partial charge in [0.05, 0.1) is 6.20 Å². The Balaban J connectivity index is 2.32. The SMILES string of the molecule is CCNc1ncc(Cl)c(Oc2ccccc2C(C)CC)n1. The lowest BCUT2D eigenvalue weighted by Crippen LogP contribution is -2.03. The molecular weight excluding hydrogens is 286 g/mol. The van der Waals surface area contributed by atoms with Crippen molar-refractivity contribution in [1.29, 1.82) is 0 Å². The molecule has 0 bridgehead atoms. The van der Waals surface area contributed by atoms with Crippen LogP contribution in [0.1, 0.15) is 38.7 Å². The van der Waals surface area contributed by atoms with Crippen LogP contribution in [0.4, 0.5) is 5.95 Å². The molecule has 1 atom stereocenters. The molecule has 4 nitrogen and oxygen atoms in total. The molecule has 21 heavy (non-hydrogen) atoms. The first-order valence-electron chi connectivity index (χ1n) is 7.18. The van der Waals surface area contributed by atoms with E-state index in [0.29, 0.717) is 22.8 Å². The fourth-order valence-corrected chi connectivity index (χ4v) is 2.10. The second-order valence-electron chi connectivity index (χ2n) is 4.83. The first kappa shape index (κ1) is 15.6. The molecule has 0 aliphatic heterocycles. The molecule has 0 aliphatic carbocycles. The van der Waals surface area contributed by atoms with Crippen molar-refractivity contribution in [1.82, 2.24) is 9.97 Å². The van der Waals surface area contributed by atoms with Crippen molar-refractivity contribution in [3.8, 4) is 11.6 Å². The predicted molar refractivity (Wildman–Crippen MR) is 86.4 cm³/mol. The molecule has 2 aromatic rings. The maximum atomic E-state index is 6.13. The number of benzene rings is 1. The summed E-state index contributed by atoms with van der Waals surface area (Å²) in [6.45, 7) is 7.05. The second-order valence-corrected chi connectivity index (χ2v) is 5.23. The minimum atomic E-state index is 0.373. The fourth-order valence-electron chi connectivity index (χ4n) is 1.97. The Labute approximate surface area is 130 Å². The molecule has 0 spiro atoms. The molecule has 0 fully saturated rings. The monoisotopic (exact) mass is 305 g/mol. The third-order valence-corrected chi connectivity index (χ3v) is 3.58. The average molecular weight is 306 g/mol. The number of hydrogen-bond donors (Lipinski definition) is 1. The van der Waals surface area contributed by atoms with Crippen LogP contribution in [-0.2, 0) is 0 Å². The Bertz CT molecular complexity index is 604. The van der Waals surface area contributed by atoms with Crippen molar-refractivity contribution in [3.63, 3.8) is 0 Å². The quantitative estimate of drug-likeness (QED) is 0.827. The van der Waals surface area contributed by atoms with Gasteiger partial charge >= 0.3 is 0 Å². The highest BCUT2D eigenvalue weighted by Crippen LogP contribution is 2.34. The molecule has 1 N–H and O–H groups in total. The van der Waals surface area contributed by atoms with E-state index in [9.17, 15) is 0 Å². The number of hydrogen-bond acceptors (Lipinski definition) is 4. The van der Waals surface area contributed by atoms with Gasteiger partial charge in [0.2, 0.25) is 11.8 Å². The topological polar surface area (TPSA) is 47.0 Å². The third-order valence-electron chi connectivity index (χ3n) is 3.32. The van der Waals surface area contributed by atoms with E-state index >= 15 is 0 Å². The number of aromatic nitrogens is 2. The van der Waals surface area contributed by atoms with Gasteiger partial charge in [-0.1, -0.05) is 43.6 Å². The molecule has 0 amide bonds. The summed E-state index contributed by atoms with van der Waals surface area (Å²) >= 11 is 6.13. The molecule has 1 aromatic heterocycles. The average Bonchev–Trinajstić information content (AvgIpc) is 2.50. The molecule has 0 radical (unpaired) electrons. The summed E-state index contributed by atoms with van der Waals surface area (Å²) in [4.78, 5) is 8.42. The summed E-state index contributed by atoms with van der Waals surface area (Å²) in [5, 5.41) is 3.45. The van der Waals surface area contributed by atoms with E-state index < -0.39 is 0 Å². The molecule has 1 heterocycles. The van der Waals surface area contributed by atoms with E-state index in [4.69, 9.17) is 16.3 Å². The second kappa shape index (κ2) is 7.27. The van der Waals surface area contributed by atoms with E-state index in [0.717, 1.165) is 24.3 Å². The maximum Gasteiger partial charge on any atom is 0.243 e. The van der Waals surface area contributed by atoms with Crippen molar-refractivity contribution < 1.29 is 4.74 Å². The highest BCUT2D eigenvalue weighted by Gasteiger charge is 2.13. The van der Waals surface area contributed by atoms with Gasteiger partial charge in [-0.3, -0.25) is 0 Å². The highest BCUT2D eigenvalue weighted by atomic mass is 35.5. The first-order valence-corrected chi connectivity index (χ1v) is 7.56. The summed E-state index contributed by atoms with van der Waals surface area (Å²) in [6.07, 6.45) is 2.59. The Morgan fingerprint density at radius 3 is 2.76 bits per heavy atom. The number of para-hydroxylation sites is 1. The van der Waals surface area contributed by atoms with Gasteiger partial charge < -0.3 is 10.1 Å². The molecular formula is C16H20ClN3O. The molecule has 0 saturated carbocycles. The lowest BCUT2D eigenvalue weighted by Gasteiger charge is -2.15. The Morgan fingerprint density at radius 1 is 1.29 bits per heavy atom. The van der Waals surface area contributed by atoms with Gasteiger partial charge in [0.25, 0.3) is 0 Å². The van der Waals surface area contributed by atoms with Crippen LogP contribution < -0.4 is 10.1 Å². The van der Waals surface area contributed by atoms with Crippen molar-refractivity contribution in [2.24, 2.45) is 0 Å². The zero-order valence-electron chi connectivity index (χ0n) is 12.6. The van der Waals surface area contributed by atoms with E-state index in [1.165, 1.54) is 0 Å². The fraction of sp³-hybridized carbons (Fsp3) is 0.375. The molecule has 0 aliphatic rings. The van der Waals surface area contributed by atoms with Gasteiger partial charge in [0, 0.05) is 6.54 Å². The Kier molecular flexibility index (Phi) is 5.39. The van der Waals surface area contributed by atoms with Crippen LogP contribution in [-0.4, -0.2) is 16.5 Å². The number of nitrogens with one attached hydrogen (secondary N) is 1. The van der Waals surface area contributed by atoms with Crippen LogP contribution in [0.15, 0.2) is 30.5 Å². The summed E-state index contributed by atoms with van der Waals surface area (Å²) in [5.74, 6) is 2.08. The minimum Gasteiger partial charge on any atom is -0.437 e. The van der Waals surface area contributed by atoms with Crippen LogP contribution in [0.2, 0.25) is 5.02 Å². The zero-order chi connectivity index (χ0) is 15.2. The highest BCUT2D eigenvalue weighted by molar-refractivity contribution is 6.31. The van der Waals surface area contributed by atoms with E-state index in [1.807, 2.05) is 25.1 Å². The third kappa shape index (κ3) is 3.85. The zero-order valence-corrected chi connectivity index (χ0v) is 13.3. The lowest BCUT2D eigenvalue weighted by atomic mass is 9.98. The molecule has 112 valence electrons. The van der Waals surface area contributed by atoms with Crippen molar-refractivity contribution >= 4 is 17.5 Å². The van der Waals surface area contributed by atoms with Crippen LogP contribution in [0.5, 0.6) is 11.6 Å². The predicted octanol–water partition coefficient (Wildman–Crippen LogP) is 4.87. The molecule has 5 heteroatoms. The number of ether oxygens (including phenoxy) is 1. The van der Waals surface area contributed by atoms with E-state index in [2.05, 4.69) is 35.2 Å². The van der Waals surface area contributed by atoms with Crippen molar-refractivity contribution in [2.45, 2.75) is 33.1 Å². The Hall–Kier alpha value is -1.81. The number of rotatable bonds is 6. The normalized spacial score (nSPS) is 12.0. The van der Waals surface area contributed by atoms with Crippen LogP contribution in [0.25, 0.3) is 0 Å². The van der Waals surface area contributed by atoms with Gasteiger partial charge in [-0.2, -0.15) is 4.98 Å². The summed E-state index contributed by atoms with van der Waals surface area (Å²) in [7, 11) is 0. The molecule has 0 saturated heterocycles. The first-order chi connectivity index (χ1) is 10.2. The van der Waals surface area contributed by atoms with Gasteiger partial charge in [0.15, 0.2) is 0 Å². The molecule has 1 aromatic carbocycles. The Morgan fingerprint density at radius 2 is 2.05 bits per heavy atom. The van der Waals surface area contributed by atoms with Gasteiger partial charge in [-0.15, -0.1) is 0 Å². The van der Waals surface area contributed by atoms with Gasteiger partial charge in [0.1, 0.15) is 10.8 Å². The maximum absolute atomic E-state index is 6.13. The standard InChI is InChI=1S/C16H20ClN3O/c1-4-11(3)12-8-6-7-9-14(12)21-15-13(17)10-19-16(20-15)18-5-2/h6-11H,4-5H2,1-3H3,(H,18,19,20). The molecule has 2 rings (SSSR count). The lowest BCUT2D eigenvalue weighted by molar-refractivity contribution is 0.452. The largest absolute Gasteiger partial charge is 0.437 e. The molecule has 1 unspecified atom stereocenters. The van der Waals surface area contributed by atoms with Gasteiger partial charge in [-0.25, -0.2) is 4.98 Å². The number of nitrogens with zero attached hydrogens (tertiary/aromatic N) is 2. The summed E-state index contributed by atoms with van der Waals surface area (Å²) < 4.78 is 5.93. The smallest absolute Gasteiger partial charge is 0.243 e. The minimum absolute atomic E-state index is 0.373. The summed E-state index contributed by atoms with van der Waals surface area (Å²) in [5.41, 5.74) is 1.15. The van der Waals surface area contributed by atoms with E-state index in [1.54, 1.807) is 6.20 Å². The van der Waals surface area contributed by atoms with Gasteiger partial charge in [-0.05, 0) is 30.9 Å².